The van der Waals surface area contributed by atoms with Crippen LogP contribution in [0.25, 0.3) is 0 Å². The van der Waals surface area contributed by atoms with E-state index in [-0.39, 0.29) is 12.2 Å². The molecule has 0 aliphatic heterocycles. The minimum Gasteiger partial charge on any atom is -0.493 e. The van der Waals surface area contributed by atoms with Gasteiger partial charge in [0.25, 0.3) is 0 Å². The van der Waals surface area contributed by atoms with Gasteiger partial charge in [0, 0.05) is 11.3 Å². The second-order valence-corrected chi connectivity index (χ2v) is 7.64. The smallest absolute Gasteiger partial charge is 0.344 e. The standard InChI is InChI=1S/C19H21NO7S/c1-13(19(22)14-8-10-15(11-9-14)20-28(3,23)24)27-18(21)12-26-17-7-5-4-6-16(17)25-2/h4-11,13,20H,12H2,1-3H3/t13-/m0/s1. The van der Waals surface area contributed by atoms with Crippen molar-refractivity contribution in [2.24, 2.45) is 0 Å². The number of carbonyl (C=O) groups excluding carboxylic acids is 2. The third-order valence-corrected chi connectivity index (χ3v) is 4.17. The molecule has 0 radical (unpaired) electrons. The van der Waals surface area contributed by atoms with Crippen LogP contribution < -0.4 is 14.2 Å². The van der Waals surface area contributed by atoms with Gasteiger partial charge in [-0.25, -0.2) is 13.2 Å². The lowest BCUT2D eigenvalue weighted by atomic mass is 10.1. The molecule has 9 heteroatoms. The number of carbonyl (C=O) groups is 2. The number of ketones is 1. The van der Waals surface area contributed by atoms with E-state index in [0.717, 1.165) is 6.26 Å². The summed E-state index contributed by atoms with van der Waals surface area (Å²) in [5.74, 6) is -0.268. The Morgan fingerprint density at radius 2 is 1.64 bits per heavy atom. The maximum Gasteiger partial charge on any atom is 0.344 e. The Hall–Kier alpha value is -3.07. The molecule has 28 heavy (non-hydrogen) atoms. The van der Waals surface area contributed by atoms with Crippen LogP contribution in [-0.4, -0.2) is 46.2 Å². The largest absolute Gasteiger partial charge is 0.493 e. The molecule has 2 aromatic rings. The number of esters is 1. The number of benzene rings is 2. The molecule has 0 saturated heterocycles. The summed E-state index contributed by atoms with van der Waals surface area (Å²) >= 11 is 0. The molecule has 0 heterocycles. The highest BCUT2D eigenvalue weighted by Gasteiger charge is 2.20. The van der Waals surface area contributed by atoms with Crippen LogP contribution in [-0.2, 0) is 19.6 Å². The fourth-order valence-corrected chi connectivity index (χ4v) is 2.87. The molecule has 0 spiro atoms. The molecule has 1 atom stereocenters. The van der Waals surface area contributed by atoms with Crippen molar-refractivity contribution in [2.75, 3.05) is 24.7 Å². The third-order valence-electron chi connectivity index (χ3n) is 3.56. The van der Waals surface area contributed by atoms with E-state index in [2.05, 4.69) is 4.72 Å². The van der Waals surface area contributed by atoms with Crippen molar-refractivity contribution in [3.63, 3.8) is 0 Å². The highest BCUT2D eigenvalue weighted by molar-refractivity contribution is 7.92. The Morgan fingerprint density at radius 3 is 2.21 bits per heavy atom. The summed E-state index contributed by atoms with van der Waals surface area (Å²) in [7, 11) is -1.92. The molecule has 1 N–H and O–H groups in total. The lowest BCUT2D eigenvalue weighted by Crippen LogP contribution is -2.27. The maximum atomic E-state index is 12.4. The van der Waals surface area contributed by atoms with Gasteiger partial charge < -0.3 is 14.2 Å². The molecule has 0 aliphatic rings. The number of nitrogens with one attached hydrogen (secondary N) is 1. The number of Topliss-reactive ketones (excluding diaryl/α,β-unsaturated/α-hetero) is 1. The van der Waals surface area contributed by atoms with Crippen molar-refractivity contribution >= 4 is 27.5 Å². The zero-order valence-corrected chi connectivity index (χ0v) is 16.5. The Kier molecular flexibility index (Phi) is 7.00. The molecule has 0 fully saturated rings. The molecule has 0 amide bonds. The molecule has 0 unspecified atom stereocenters. The summed E-state index contributed by atoms with van der Waals surface area (Å²) in [5, 5.41) is 0. The molecule has 2 aromatic carbocycles. The molecular weight excluding hydrogens is 386 g/mol. The zero-order chi connectivity index (χ0) is 20.7. The second-order valence-electron chi connectivity index (χ2n) is 5.89. The first-order chi connectivity index (χ1) is 13.2. The summed E-state index contributed by atoms with van der Waals surface area (Å²) in [6, 6.07) is 12.6. The number of sulfonamides is 1. The minimum absolute atomic E-state index is 0.282. The van der Waals surface area contributed by atoms with Gasteiger partial charge in [0.15, 0.2) is 24.2 Å². The van der Waals surface area contributed by atoms with Crippen LogP contribution in [0, 0.1) is 0 Å². The lowest BCUT2D eigenvalue weighted by Gasteiger charge is -2.14. The van der Waals surface area contributed by atoms with E-state index in [1.165, 1.54) is 38.3 Å². The van der Waals surface area contributed by atoms with Crippen LogP contribution in [0.3, 0.4) is 0 Å². The van der Waals surface area contributed by atoms with Gasteiger partial charge >= 0.3 is 5.97 Å². The minimum atomic E-state index is -3.40. The average molecular weight is 407 g/mol. The normalized spacial score (nSPS) is 12.0. The number of rotatable bonds is 9. The number of methoxy groups -OCH3 is 1. The van der Waals surface area contributed by atoms with Crippen LogP contribution in [0.5, 0.6) is 11.5 Å². The zero-order valence-electron chi connectivity index (χ0n) is 15.7. The average Bonchev–Trinajstić information content (AvgIpc) is 2.65. The Labute approximate surface area is 163 Å². The van der Waals surface area contributed by atoms with Crippen molar-refractivity contribution in [1.29, 1.82) is 0 Å². The molecular formula is C19H21NO7S. The quantitative estimate of drug-likeness (QED) is 0.502. The van der Waals surface area contributed by atoms with Crippen molar-refractivity contribution in [3.8, 4) is 11.5 Å². The highest BCUT2D eigenvalue weighted by Crippen LogP contribution is 2.25. The van der Waals surface area contributed by atoms with Crippen molar-refractivity contribution in [3.05, 3.63) is 54.1 Å². The molecule has 0 bridgehead atoms. The number of para-hydroxylation sites is 2. The van der Waals surface area contributed by atoms with Gasteiger partial charge in [0.2, 0.25) is 15.8 Å². The van der Waals surface area contributed by atoms with Gasteiger partial charge in [-0.3, -0.25) is 9.52 Å². The van der Waals surface area contributed by atoms with E-state index in [1.807, 2.05) is 0 Å². The third kappa shape index (κ3) is 6.27. The van der Waals surface area contributed by atoms with Crippen LogP contribution in [0.4, 0.5) is 5.69 Å². The van der Waals surface area contributed by atoms with E-state index in [4.69, 9.17) is 14.2 Å². The molecule has 0 saturated carbocycles. The van der Waals surface area contributed by atoms with E-state index < -0.39 is 27.9 Å². The molecule has 150 valence electrons. The van der Waals surface area contributed by atoms with Crippen LogP contribution in [0.15, 0.2) is 48.5 Å². The molecule has 2 rings (SSSR count). The van der Waals surface area contributed by atoms with Gasteiger partial charge in [-0.15, -0.1) is 0 Å². The first-order valence-corrected chi connectivity index (χ1v) is 10.2. The predicted octanol–water partition coefficient (Wildman–Crippen LogP) is 2.26. The maximum absolute atomic E-state index is 12.4. The molecule has 0 aliphatic carbocycles. The lowest BCUT2D eigenvalue weighted by molar-refractivity contribution is -0.148. The van der Waals surface area contributed by atoms with Gasteiger partial charge in [-0.2, -0.15) is 0 Å². The van der Waals surface area contributed by atoms with Crippen molar-refractivity contribution in [1.82, 2.24) is 0 Å². The fraction of sp³-hybridized carbons (Fsp3) is 0.263. The number of ether oxygens (including phenoxy) is 3. The summed E-state index contributed by atoms with van der Waals surface area (Å²) < 4.78 is 40.3. The first-order valence-electron chi connectivity index (χ1n) is 8.27. The van der Waals surface area contributed by atoms with Crippen LogP contribution in [0.2, 0.25) is 0 Å². The monoisotopic (exact) mass is 407 g/mol. The number of hydrogen-bond acceptors (Lipinski definition) is 7. The van der Waals surface area contributed by atoms with Crippen LogP contribution >= 0.6 is 0 Å². The Balaban J connectivity index is 1.91. The predicted molar refractivity (Wildman–Crippen MR) is 103 cm³/mol. The van der Waals surface area contributed by atoms with Crippen LogP contribution in [0.1, 0.15) is 17.3 Å². The Morgan fingerprint density at radius 1 is 1.04 bits per heavy atom. The summed E-state index contributed by atoms with van der Waals surface area (Å²) in [6.07, 6.45) is 0.00299. The van der Waals surface area contributed by atoms with E-state index in [9.17, 15) is 18.0 Å². The fourth-order valence-electron chi connectivity index (χ4n) is 2.31. The summed E-state index contributed by atoms with van der Waals surface area (Å²) in [4.78, 5) is 24.3. The summed E-state index contributed by atoms with van der Waals surface area (Å²) in [6.45, 7) is 1.07. The second kappa shape index (κ2) is 9.23. The first kappa shape index (κ1) is 21.2. The van der Waals surface area contributed by atoms with Gasteiger partial charge in [-0.1, -0.05) is 12.1 Å². The van der Waals surface area contributed by atoms with E-state index >= 15 is 0 Å². The molecule has 0 aromatic heterocycles. The van der Waals surface area contributed by atoms with Crippen molar-refractivity contribution in [2.45, 2.75) is 13.0 Å². The van der Waals surface area contributed by atoms with Gasteiger partial charge in [0.1, 0.15) is 0 Å². The van der Waals surface area contributed by atoms with E-state index in [0.29, 0.717) is 17.2 Å². The number of hydrogen-bond donors (Lipinski definition) is 1. The molecule has 8 nitrogen and oxygen atoms in total. The van der Waals surface area contributed by atoms with Gasteiger partial charge in [-0.05, 0) is 43.3 Å². The van der Waals surface area contributed by atoms with Crippen molar-refractivity contribution < 1.29 is 32.2 Å². The SMILES string of the molecule is COc1ccccc1OCC(=O)O[C@@H](C)C(=O)c1ccc(NS(C)(=O)=O)cc1. The summed E-state index contributed by atoms with van der Waals surface area (Å²) in [5.41, 5.74) is 0.610. The highest BCUT2D eigenvalue weighted by atomic mass is 32.2. The topological polar surface area (TPSA) is 108 Å². The number of anilines is 1. The van der Waals surface area contributed by atoms with E-state index in [1.54, 1.807) is 24.3 Å². The Bertz CT molecular complexity index is 939. The van der Waals surface area contributed by atoms with Gasteiger partial charge in [0.05, 0.1) is 13.4 Å².